The lowest BCUT2D eigenvalue weighted by Crippen LogP contribution is -2.51. The second-order valence-electron chi connectivity index (χ2n) is 5.92. The molecular weight excluding hydrogens is 256 g/mol. The fraction of sp³-hybridized carbons (Fsp3) is 1.00. The maximum absolute atomic E-state index is 12.4. The van der Waals surface area contributed by atoms with Crippen molar-refractivity contribution in [1.29, 1.82) is 0 Å². The molecule has 100 valence electrons. The van der Waals surface area contributed by atoms with Gasteiger partial charge in [-0.3, -0.25) is 4.21 Å². The highest BCUT2D eigenvalue weighted by Gasteiger charge is 2.60. The predicted octanol–water partition coefficient (Wildman–Crippen LogP) is 1.95. The standard InChI is InChI=1S/C12H22O3S2/c1-9(2)11-5-4-10(3)8-12(11)16(13)6-7-17(12,14)15/h9-11H,4-8H2,1-3H3. The maximum Gasteiger partial charge on any atom is 0.169 e. The molecule has 1 aliphatic heterocycles. The highest BCUT2D eigenvalue weighted by molar-refractivity contribution is 8.10. The normalized spacial score (nSPS) is 45.5. The number of hydrogen-bond acceptors (Lipinski definition) is 3. The van der Waals surface area contributed by atoms with Crippen molar-refractivity contribution in [2.75, 3.05) is 11.5 Å². The first-order chi connectivity index (χ1) is 7.81. The van der Waals surface area contributed by atoms with E-state index in [0.717, 1.165) is 12.8 Å². The van der Waals surface area contributed by atoms with Crippen LogP contribution in [0.5, 0.6) is 0 Å². The topological polar surface area (TPSA) is 51.2 Å². The Kier molecular flexibility index (Phi) is 3.45. The maximum atomic E-state index is 12.4. The van der Waals surface area contributed by atoms with Crippen molar-refractivity contribution in [2.45, 2.75) is 44.1 Å². The molecule has 4 atom stereocenters. The number of sulfone groups is 1. The second-order valence-corrected chi connectivity index (χ2v) is 10.4. The fourth-order valence-electron chi connectivity index (χ4n) is 3.56. The van der Waals surface area contributed by atoms with Crippen LogP contribution in [0.25, 0.3) is 0 Å². The minimum atomic E-state index is -3.19. The van der Waals surface area contributed by atoms with Crippen molar-refractivity contribution in [2.24, 2.45) is 17.8 Å². The third-order valence-electron chi connectivity index (χ3n) is 4.42. The van der Waals surface area contributed by atoms with Crippen LogP contribution in [-0.2, 0) is 20.6 Å². The summed E-state index contributed by atoms with van der Waals surface area (Å²) in [4.78, 5) is 0. The van der Waals surface area contributed by atoms with Crippen LogP contribution < -0.4 is 0 Å². The Balaban J connectivity index is 2.52. The largest absolute Gasteiger partial charge is 0.258 e. The Morgan fingerprint density at radius 2 is 1.94 bits per heavy atom. The summed E-state index contributed by atoms with van der Waals surface area (Å²) in [6.07, 6.45) is 2.58. The zero-order valence-electron chi connectivity index (χ0n) is 10.8. The second kappa shape index (κ2) is 4.34. The molecule has 2 fully saturated rings. The van der Waals surface area contributed by atoms with Gasteiger partial charge in [-0.2, -0.15) is 0 Å². The Morgan fingerprint density at radius 1 is 1.29 bits per heavy atom. The summed E-state index contributed by atoms with van der Waals surface area (Å²) >= 11 is 0. The van der Waals surface area contributed by atoms with E-state index < -0.39 is 24.7 Å². The molecule has 1 spiro atoms. The molecule has 1 aliphatic carbocycles. The molecule has 0 bridgehead atoms. The lowest BCUT2D eigenvalue weighted by atomic mass is 9.76. The van der Waals surface area contributed by atoms with E-state index in [1.54, 1.807) is 0 Å². The van der Waals surface area contributed by atoms with Crippen LogP contribution in [0.2, 0.25) is 0 Å². The van der Waals surface area contributed by atoms with Crippen molar-refractivity contribution in [3.05, 3.63) is 0 Å². The van der Waals surface area contributed by atoms with Crippen molar-refractivity contribution in [3.63, 3.8) is 0 Å². The van der Waals surface area contributed by atoms with Gasteiger partial charge in [-0.25, -0.2) is 8.42 Å². The minimum absolute atomic E-state index is 0.0760. The van der Waals surface area contributed by atoms with Gasteiger partial charge in [0.2, 0.25) is 0 Å². The van der Waals surface area contributed by atoms with Gasteiger partial charge >= 0.3 is 0 Å². The minimum Gasteiger partial charge on any atom is -0.258 e. The van der Waals surface area contributed by atoms with Gasteiger partial charge in [0.1, 0.15) is 0 Å². The van der Waals surface area contributed by atoms with Gasteiger partial charge in [-0.1, -0.05) is 27.2 Å². The lowest BCUT2D eigenvalue weighted by molar-refractivity contribution is 0.217. The molecule has 2 rings (SSSR count). The van der Waals surface area contributed by atoms with Crippen LogP contribution >= 0.6 is 0 Å². The van der Waals surface area contributed by atoms with Gasteiger partial charge in [-0.15, -0.1) is 0 Å². The first-order valence-electron chi connectivity index (χ1n) is 6.42. The Labute approximate surface area is 107 Å². The van der Waals surface area contributed by atoms with E-state index >= 15 is 0 Å². The first-order valence-corrected chi connectivity index (χ1v) is 9.39. The molecule has 1 heterocycles. The average molecular weight is 278 g/mol. The Hall–Kier alpha value is 0.1000. The van der Waals surface area contributed by atoms with Crippen molar-refractivity contribution >= 4 is 20.6 Å². The molecule has 1 saturated carbocycles. The molecule has 1 saturated heterocycles. The van der Waals surface area contributed by atoms with E-state index in [1.807, 2.05) is 0 Å². The molecule has 4 unspecified atom stereocenters. The zero-order chi connectivity index (χ0) is 12.8. The fourth-order valence-corrected chi connectivity index (χ4v) is 9.95. The number of hydrogen-bond donors (Lipinski definition) is 0. The average Bonchev–Trinajstić information content (AvgIpc) is 2.43. The first kappa shape index (κ1) is 13.5. The lowest BCUT2D eigenvalue weighted by Gasteiger charge is -2.43. The Bertz CT molecular complexity index is 427. The molecule has 0 N–H and O–H groups in total. The summed E-state index contributed by atoms with van der Waals surface area (Å²) < 4.78 is 36.3. The summed E-state index contributed by atoms with van der Waals surface area (Å²) in [6, 6.07) is 0. The molecule has 17 heavy (non-hydrogen) atoms. The summed E-state index contributed by atoms with van der Waals surface area (Å²) in [6.45, 7) is 6.21. The third kappa shape index (κ3) is 1.89. The summed E-state index contributed by atoms with van der Waals surface area (Å²) in [5.74, 6) is 1.21. The van der Waals surface area contributed by atoms with E-state index in [2.05, 4.69) is 20.8 Å². The molecule has 2 aliphatic rings. The molecule has 0 radical (unpaired) electrons. The van der Waals surface area contributed by atoms with Crippen LogP contribution in [0.1, 0.15) is 40.0 Å². The SMILES string of the molecule is CC1CCC(C(C)C)C2(C1)S(=O)CCS2(=O)=O. The van der Waals surface area contributed by atoms with Crippen LogP contribution in [0.4, 0.5) is 0 Å². The zero-order valence-corrected chi connectivity index (χ0v) is 12.4. The van der Waals surface area contributed by atoms with Crippen LogP contribution in [0.3, 0.4) is 0 Å². The van der Waals surface area contributed by atoms with Crippen molar-refractivity contribution in [3.8, 4) is 0 Å². The smallest absolute Gasteiger partial charge is 0.169 e. The van der Waals surface area contributed by atoms with E-state index in [0.29, 0.717) is 24.0 Å². The predicted molar refractivity (Wildman–Crippen MR) is 70.9 cm³/mol. The van der Waals surface area contributed by atoms with E-state index in [1.165, 1.54) is 0 Å². The third-order valence-corrected chi connectivity index (χ3v) is 10.1. The molecule has 0 aromatic rings. The monoisotopic (exact) mass is 278 g/mol. The van der Waals surface area contributed by atoms with Gasteiger partial charge in [0.15, 0.2) is 13.9 Å². The molecule has 0 aromatic heterocycles. The van der Waals surface area contributed by atoms with Gasteiger partial charge in [-0.05, 0) is 30.6 Å². The molecular formula is C12H22O3S2. The molecule has 5 heteroatoms. The van der Waals surface area contributed by atoms with Crippen molar-refractivity contribution < 1.29 is 12.6 Å². The van der Waals surface area contributed by atoms with Gasteiger partial charge in [0.05, 0.1) is 5.75 Å². The van der Waals surface area contributed by atoms with Crippen LogP contribution in [-0.4, -0.2) is 28.2 Å². The highest BCUT2D eigenvalue weighted by Crippen LogP contribution is 2.50. The van der Waals surface area contributed by atoms with E-state index in [-0.39, 0.29) is 11.7 Å². The van der Waals surface area contributed by atoms with Crippen LogP contribution in [0.15, 0.2) is 0 Å². The van der Waals surface area contributed by atoms with E-state index in [9.17, 15) is 12.6 Å². The molecule has 3 nitrogen and oxygen atoms in total. The summed E-state index contributed by atoms with van der Waals surface area (Å²) in [7, 11) is -4.38. The van der Waals surface area contributed by atoms with E-state index in [4.69, 9.17) is 0 Å². The summed E-state index contributed by atoms with van der Waals surface area (Å²) in [5, 5.41) is 0. The van der Waals surface area contributed by atoms with Gasteiger partial charge in [0, 0.05) is 16.6 Å². The van der Waals surface area contributed by atoms with Gasteiger partial charge < -0.3 is 0 Å². The van der Waals surface area contributed by atoms with Gasteiger partial charge in [0.25, 0.3) is 0 Å². The number of rotatable bonds is 1. The molecule has 0 amide bonds. The quantitative estimate of drug-likeness (QED) is 0.736. The van der Waals surface area contributed by atoms with Crippen LogP contribution in [0, 0.1) is 17.8 Å². The summed E-state index contributed by atoms with van der Waals surface area (Å²) in [5.41, 5.74) is 0. The van der Waals surface area contributed by atoms with Crippen molar-refractivity contribution in [1.82, 2.24) is 0 Å². The molecule has 0 aromatic carbocycles. The highest BCUT2D eigenvalue weighted by atomic mass is 32.3. The Morgan fingerprint density at radius 3 is 2.41 bits per heavy atom.